The van der Waals surface area contributed by atoms with E-state index in [-0.39, 0.29) is 17.8 Å². The number of nitrogens with one attached hydrogen (secondary N) is 1. The molecule has 2 aliphatic rings. The van der Waals surface area contributed by atoms with Crippen molar-refractivity contribution >= 4 is 16.8 Å². The quantitative estimate of drug-likeness (QED) is 0.917. The number of H-pyrrole nitrogens is 1. The molecule has 0 aliphatic carbocycles. The predicted molar refractivity (Wildman–Crippen MR) is 98.9 cm³/mol. The van der Waals surface area contributed by atoms with Crippen LogP contribution >= 0.6 is 0 Å². The summed E-state index contributed by atoms with van der Waals surface area (Å²) in [6.45, 7) is 6.94. The molecule has 2 saturated heterocycles. The maximum atomic E-state index is 14.1. The number of rotatable bonds is 3. The Bertz CT molecular complexity index is 798. The lowest BCUT2D eigenvalue weighted by Gasteiger charge is -2.39. The van der Waals surface area contributed by atoms with Crippen LogP contribution in [0.5, 0.6) is 0 Å². The Morgan fingerprint density at radius 2 is 2.08 bits per heavy atom. The fourth-order valence-electron chi connectivity index (χ4n) is 4.21. The first-order valence-electron chi connectivity index (χ1n) is 9.53. The molecule has 1 atom stereocenters. The van der Waals surface area contributed by atoms with E-state index in [9.17, 15) is 9.18 Å². The van der Waals surface area contributed by atoms with Gasteiger partial charge in [-0.25, -0.2) is 4.39 Å². The molecular weight excluding hydrogens is 333 g/mol. The van der Waals surface area contributed by atoms with Gasteiger partial charge in [-0.2, -0.15) is 0 Å². The van der Waals surface area contributed by atoms with Gasteiger partial charge in [0.2, 0.25) is 0 Å². The summed E-state index contributed by atoms with van der Waals surface area (Å²) in [6.07, 6.45) is 3.20. The smallest absolute Gasteiger partial charge is 0.270 e. The van der Waals surface area contributed by atoms with Crippen LogP contribution in [0.15, 0.2) is 18.2 Å². The van der Waals surface area contributed by atoms with Crippen molar-refractivity contribution in [2.24, 2.45) is 0 Å². The monoisotopic (exact) mass is 359 g/mol. The zero-order valence-corrected chi connectivity index (χ0v) is 15.3. The minimum atomic E-state index is -0.312. The summed E-state index contributed by atoms with van der Waals surface area (Å²) in [4.78, 5) is 20.7. The Labute approximate surface area is 153 Å². The van der Waals surface area contributed by atoms with Crippen LogP contribution in [0.25, 0.3) is 10.9 Å². The summed E-state index contributed by atoms with van der Waals surface area (Å²) >= 11 is 0. The second-order valence-electron chi connectivity index (χ2n) is 7.35. The second-order valence-corrected chi connectivity index (χ2v) is 7.35. The lowest BCUT2D eigenvalue weighted by Crippen LogP contribution is -2.51. The molecule has 1 N–H and O–H groups in total. The molecule has 26 heavy (non-hydrogen) atoms. The molecule has 2 fully saturated rings. The number of hydrogen-bond acceptors (Lipinski definition) is 3. The molecule has 1 aromatic carbocycles. The lowest BCUT2D eigenvalue weighted by molar-refractivity contribution is 0.0164. The predicted octanol–water partition coefficient (Wildman–Crippen LogP) is 2.94. The molecule has 1 unspecified atom stereocenters. The van der Waals surface area contributed by atoms with Crippen LogP contribution in [-0.4, -0.2) is 66.1 Å². The fourth-order valence-corrected chi connectivity index (χ4v) is 4.21. The maximum absolute atomic E-state index is 14.1. The maximum Gasteiger partial charge on any atom is 0.270 e. The van der Waals surface area contributed by atoms with Gasteiger partial charge in [-0.1, -0.05) is 12.1 Å². The van der Waals surface area contributed by atoms with Gasteiger partial charge in [0, 0.05) is 37.6 Å². The topological polar surface area (TPSA) is 48.6 Å². The number of aromatic amines is 1. The van der Waals surface area contributed by atoms with Crippen LogP contribution in [-0.2, 0) is 4.74 Å². The van der Waals surface area contributed by atoms with Gasteiger partial charge < -0.3 is 14.6 Å². The molecule has 6 heteroatoms. The third-order valence-corrected chi connectivity index (χ3v) is 5.72. The largest absolute Gasteiger partial charge is 0.379 e. The number of halogens is 1. The number of likely N-dealkylation sites (tertiary alicyclic amines) is 1. The summed E-state index contributed by atoms with van der Waals surface area (Å²) in [7, 11) is 0. The summed E-state index contributed by atoms with van der Waals surface area (Å²) in [5.74, 6) is -0.316. The average molecular weight is 359 g/mol. The highest BCUT2D eigenvalue weighted by Gasteiger charge is 2.31. The second kappa shape index (κ2) is 7.37. The third kappa shape index (κ3) is 3.23. The molecule has 2 aromatic rings. The Morgan fingerprint density at radius 3 is 2.85 bits per heavy atom. The number of para-hydroxylation sites is 1. The number of nitrogens with zero attached hydrogens (tertiary/aromatic N) is 2. The Kier molecular flexibility index (Phi) is 4.96. The van der Waals surface area contributed by atoms with Crippen LogP contribution in [0.4, 0.5) is 4.39 Å². The molecule has 1 amide bonds. The molecule has 5 nitrogen and oxygen atoms in total. The van der Waals surface area contributed by atoms with E-state index in [1.165, 1.54) is 6.07 Å². The first-order valence-corrected chi connectivity index (χ1v) is 9.53. The molecular formula is C20H26FN3O2. The van der Waals surface area contributed by atoms with Gasteiger partial charge in [-0.05, 0) is 37.8 Å². The molecule has 140 valence electrons. The number of morpholine rings is 1. The van der Waals surface area contributed by atoms with E-state index in [0.29, 0.717) is 11.2 Å². The minimum Gasteiger partial charge on any atom is -0.379 e. The van der Waals surface area contributed by atoms with Crippen LogP contribution in [0.2, 0.25) is 0 Å². The van der Waals surface area contributed by atoms with Crippen molar-refractivity contribution in [1.29, 1.82) is 0 Å². The molecule has 2 aliphatic heterocycles. The molecule has 0 spiro atoms. The van der Waals surface area contributed by atoms with Gasteiger partial charge in [0.15, 0.2) is 0 Å². The zero-order valence-electron chi connectivity index (χ0n) is 15.3. The molecule has 0 radical (unpaired) electrons. The number of benzene rings is 1. The number of aromatic nitrogens is 1. The summed E-state index contributed by atoms with van der Waals surface area (Å²) in [5, 5.41) is 0.787. The zero-order chi connectivity index (χ0) is 18.1. The van der Waals surface area contributed by atoms with Gasteiger partial charge in [-0.15, -0.1) is 0 Å². The number of hydrogen-bond donors (Lipinski definition) is 1. The molecule has 4 rings (SSSR count). The normalized spacial score (nSPS) is 22.1. The Balaban J connectivity index is 1.59. The molecule has 0 bridgehead atoms. The standard InChI is InChI=1S/C20H26FN3O2/c1-14-16-6-4-7-17(21)19(16)22-18(14)20(25)24-8-3-2-5-15(24)13-23-9-11-26-12-10-23/h4,6-7,15,22H,2-3,5,8-13H2,1H3. The van der Waals surface area contributed by atoms with E-state index in [2.05, 4.69) is 9.88 Å². The van der Waals surface area contributed by atoms with Crippen molar-refractivity contribution in [2.75, 3.05) is 39.4 Å². The Morgan fingerprint density at radius 1 is 1.27 bits per heavy atom. The van der Waals surface area contributed by atoms with Crippen molar-refractivity contribution < 1.29 is 13.9 Å². The van der Waals surface area contributed by atoms with Crippen molar-refractivity contribution in [3.8, 4) is 0 Å². The molecule has 1 aromatic heterocycles. The van der Waals surface area contributed by atoms with Gasteiger partial charge in [0.05, 0.1) is 18.7 Å². The highest BCUT2D eigenvalue weighted by molar-refractivity contribution is 6.01. The Hall–Kier alpha value is -1.92. The van der Waals surface area contributed by atoms with E-state index in [1.54, 1.807) is 6.07 Å². The first kappa shape index (κ1) is 17.5. The van der Waals surface area contributed by atoms with E-state index >= 15 is 0 Å². The van der Waals surface area contributed by atoms with Crippen molar-refractivity contribution in [2.45, 2.75) is 32.2 Å². The summed E-state index contributed by atoms with van der Waals surface area (Å²) in [6, 6.07) is 5.19. The number of ether oxygens (including phenoxy) is 1. The van der Waals surface area contributed by atoms with E-state index in [0.717, 1.165) is 69.6 Å². The van der Waals surface area contributed by atoms with Crippen molar-refractivity contribution in [1.82, 2.24) is 14.8 Å². The first-order chi connectivity index (χ1) is 12.6. The highest BCUT2D eigenvalue weighted by atomic mass is 19.1. The molecule has 3 heterocycles. The number of carbonyl (C=O) groups excluding carboxylic acids is 1. The number of fused-ring (bicyclic) bond motifs is 1. The number of carbonyl (C=O) groups is 1. The number of piperidine rings is 1. The summed E-state index contributed by atoms with van der Waals surface area (Å²) < 4.78 is 19.5. The fraction of sp³-hybridized carbons (Fsp3) is 0.550. The minimum absolute atomic E-state index is 0.00365. The number of aryl methyl sites for hydroxylation is 1. The van der Waals surface area contributed by atoms with Gasteiger partial charge in [0.1, 0.15) is 11.5 Å². The highest BCUT2D eigenvalue weighted by Crippen LogP contribution is 2.27. The van der Waals surface area contributed by atoms with E-state index in [1.807, 2.05) is 17.9 Å². The van der Waals surface area contributed by atoms with Crippen LogP contribution < -0.4 is 0 Å². The summed E-state index contributed by atoms with van der Waals surface area (Å²) in [5.41, 5.74) is 1.79. The number of amides is 1. The van der Waals surface area contributed by atoms with Crippen LogP contribution in [0.3, 0.4) is 0 Å². The van der Waals surface area contributed by atoms with Gasteiger partial charge >= 0.3 is 0 Å². The van der Waals surface area contributed by atoms with E-state index in [4.69, 9.17) is 4.74 Å². The SMILES string of the molecule is Cc1c(C(=O)N2CCCCC2CN2CCOCC2)[nH]c2c(F)cccc12. The van der Waals surface area contributed by atoms with E-state index < -0.39 is 0 Å². The van der Waals surface area contributed by atoms with Crippen molar-refractivity contribution in [3.05, 3.63) is 35.3 Å². The lowest BCUT2D eigenvalue weighted by atomic mass is 10.00. The van der Waals surface area contributed by atoms with Crippen LogP contribution in [0, 0.1) is 12.7 Å². The molecule has 0 saturated carbocycles. The van der Waals surface area contributed by atoms with Gasteiger partial charge in [0.25, 0.3) is 5.91 Å². The average Bonchev–Trinajstić information content (AvgIpc) is 3.01. The third-order valence-electron chi connectivity index (χ3n) is 5.72. The van der Waals surface area contributed by atoms with Gasteiger partial charge in [-0.3, -0.25) is 9.69 Å². The van der Waals surface area contributed by atoms with Crippen LogP contribution in [0.1, 0.15) is 35.3 Å². The van der Waals surface area contributed by atoms with Crippen molar-refractivity contribution in [3.63, 3.8) is 0 Å².